The van der Waals surface area contributed by atoms with E-state index in [-0.39, 0.29) is 0 Å². The predicted octanol–water partition coefficient (Wildman–Crippen LogP) is 0.752. The fraction of sp³-hybridized carbons (Fsp3) is 0.833. The zero-order chi connectivity index (χ0) is 14.6. The van der Waals surface area contributed by atoms with Crippen molar-refractivity contribution >= 4 is 22.5 Å². The summed E-state index contributed by atoms with van der Waals surface area (Å²) >= 11 is 0. The highest BCUT2D eigenvalue weighted by Crippen LogP contribution is 2.20. The van der Waals surface area contributed by atoms with E-state index in [1.807, 2.05) is 0 Å². The Morgan fingerprint density at radius 1 is 1.42 bits per heavy atom. The largest absolute Gasteiger partial charge is 0.459 e. The van der Waals surface area contributed by atoms with Crippen molar-refractivity contribution in [1.82, 2.24) is 5.06 Å². The van der Waals surface area contributed by atoms with Crippen LogP contribution in [0.5, 0.6) is 0 Å². The topological polar surface area (TPSA) is 81.9 Å². The van der Waals surface area contributed by atoms with Crippen LogP contribution in [0, 0.1) is 0 Å². The molecular weight excluding hydrogens is 268 g/mol. The average Bonchev–Trinajstić information content (AvgIpc) is 2.36. The van der Waals surface area contributed by atoms with Crippen LogP contribution >= 0.6 is 0 Å². The molecule has 6 nitrogen and oxygen atoms in total. The van der Waals surface area contributed by atoms with Crippen LogP contribution in [0.25, 0.3) is 0 Å². The van der Waals surface area contributed by atoms with Crippen LogP contribution in [0.4, 0.5) is 0 Å². The normalized spacial score (nSPS) is 26.2. The molecule has 1 rings (SSSR count). The van der Waals surface area contributed by atoms with E-state index < -0.39 is 34.3 Å². The number of rotatable bonds is 3. The van der Waals surface area contributed by atoms with Crippen LogP contribution in [0.15, 0.2) is 0 Å². The zero-order valence-corrected chi connectivity index (χ0v) is 12.6. The molecule has 0 amide bonds. The van der Waals surface area contributed by atoms with Crippen molar-refractivity contribution in [2.45, 2.75) is 57.7 Å². The Bertz CT molecular complexity index is 382. The number of nitrogens with two attached hydrogens (primary N) is 1. The third-order valence-corrected chi connectivity index (χ3v) is 3.07. The lowest BCUT2D eigenvalue weighted by atomic mass is 10.0. The monoisotopic (exact) mass is 291 g/mol. The molecule has 7 heteroatoms. The van der Waals surface area contributed by atoms with Gasteiger partial charge in [-0.15, -0.1) is 10.7 Å². The molecule has 2 atom stereocenters. The molecule has 1 heterocycles. The van der Waals surface area contributed by atoms with Crippen LogP contribution < -0.4 is 5.73 Å². The minimum atomic E-state index is -1.73. The fourth-order valence-electron chi connectivity index (χ4n) is 2.00. The SMILES string of the molecule is C=[S-](=O)ON1CCCCC(N)C1C(=O)OC(C)(C)C. The van der Waals surface area contributed by atoms with Gasteiger partial charge in [-0.2, -0.15) is 10.9 Å². The van der Waals surface area contributed by atoms with E-state index in [0.29, 0.717) is 13.0 Å². The summed E-state index contributed by atoms with van der Waals surface area (Å²) in [4.78, 5) is 12.2. The Morgan fingerprint density at radius 2 is 2.05 bits per heavy atom. The van der Waals surface area contributed by atoms with Gasteiger partial charge in [0.2, 0.25) is 0 Å². The van der Waals surface area contributed by atoms with Crippen LogP contribution in [0.3, 0.4) is 0 Å². The summed E-state index contributed by atoms with van der Waals surface area (Å²) in [5, 5.41) is 1.36. The number of carbonyl (C=O) groups excluding carboxylic acids is 1. The van der Waals surface area contributed by atoms with E-state index in [1.54, 1.807) is 20.8 Å². The van der Waals surface area contributed by atoms with E-state index in [0.717, 1.165) is 12.8 Å². The van der Waals surface area contributed by atoms with E-state index in [1.165, 1.54) is 5.06 Å². The van der Waals surface area contributed by atoms with Crippen LogP contribution in [-0.4, -0.2) is 41.1 Å². The number of hydroxylamine groups is 2. The molecule has 0 aromatic carbocycles. The molecule has 1 aliphatic heterocycles. The molecule has 1 saturated heterocycles. The van der Waals surface area contributed by atoms with Gasteiger partial charge >= 0.3 is 5.97 Å². The van der Waals surface area contributed by atoms with Crippen LogP contribution in [0.1, 0.15) is 40.0 Å². The van der Waals surface area contributed by atoms with Gasteiger partial charge < -0.3 is 19.0 Å². The molecule has 0 saturated carbocycles. The van der Waals surface area contributed by atoms with Crippen LogP contribution in [-0.2, 0) is 28.7 Å². The average molecular weight is 291 g/mol. The summed E-state index contributed by atoms with van der Waals surface area (Å²) in [6, 6.07) is -1.15. The third-order valence-electron chi connectivity index (χ3n) is 2.71. The van der Waals surface area contributed by atoms with Crippen molar-refractivity contribution in [2.24, 2.45) is 5.73 Å². The first-order chi connectivity index (χ1) is 8.70. The van der Waals surface area contributed by atoms with E-state index in [4.69, 9.17) is 14.8 Å². The van der Waals surface area contributed by atoms with E-state index in [2.05, 4.69) is 5.87 Å². The van der Waals surface area contributed by atoms with Gasteiger partial charge in [0.15, 0.2) is 0 Å². The van der Waals surface area contributed by atoms with Gasteiger partial charge in [-0.05, 0) is 33.6 Å². The third kappa shape index (κ3) is 5.48. The highest BCUT2D eigenvalue weighted by molar-refractivity contribution is 7.77. The quantitative estimate of drug-likeness (QED) is 0.469. The number of carbonyl (C=O) groups is 1. The molecular formula is C12H23N2O4S-. The summed E-state index contributed by atoms with van der Waals surface area (Å²) in [7, 11) is -1.73. The van der Waals surface area contributed by atoms with E-state index in [9.17, 15) is 9.00 Å². The Labute approximate surface area is 116 Å². The molecule has 1 aliphatic rings. The van der Waals surface area contributed by atoms with Gasteiger partial charge in [-0.3, -0.25) is 4.79 Å². The summed E-state index contributed by atoms with van der Waals surface area (Å²) < 4.78 is 21.6. The van der Waals surface area contributed by atoms with Gasteiger partial charge in [0.25, 0.3) is 0 Å². The minimum absolute atomic E-state index is 0.402. The van der Waals surface area contributed by atoms with Crippen molar-refractivity contribution in [3.63, 3.8) is 0 Å². The van der Waals surface area contributed by atoms with Gasteiger partial charge in [0.05, 0.1) is 0 Å². The number of esters is 1. The summed E-state index contributed by atoms with van der Waals surface area (Å²) in [6.45, 7) is 5.85. The fourth-order valence-corrected chi connectivity index (χ4v) is 2.38. The predicted molar refractivity (Wildman–Crippen MR) is 74.4 cm³/mol. The molecule has 2 N–H and O–H groups in total. The van der Waals surface area contributed by atoms with Crippen molar-refractivity contribution in [3.05, 3.63) is 0 Å². The van der Waals surface area contributed by atoms with Gasteiger partial charge in [0.1, 0.15) is 11.6 Å². The maximum absolute atomic E-state index is 12.2. The number of hydrogen-bond donors (Lipinski definition) is 1. The zero-order valence-electron chi connectivity index (χ0n) is 11.8. The maximum atomic E-state index is 12.2. The van der Waals surface area contributed by atoms with Crippen molar-refractivity contribution in [1.29, 1.82) is 0 Å². The number of ether oxygens (including phenoxy) is 1. The molecule has 112 valence electrons. The molecule has 1 fully saturated rings. The van der Waals surface area contributed by atoms with Crippen molar-refractivity contribution in [3.8, 4) is 0 Å². The summed E-state index contributed by atoms with van der Waals surface area (Å²) in [5.74, 6) is 2.82. The smallest absolute Gasteiger partial charge is 0.327 e. The Morgan fingerprint density at radius 3 is 2.58 bits per heavy atom. The lowest BCUT2D eigenvalue weighted by Gasteiger charge is -2.34. The van der Waals surface area contributed by atoms with Gasteiger partial charge in [-0.25, -0.2) is 0 Å². The van der Waals surface area contributed by atoms with Crippen LogP contribution in [0.2, 0.25) is 0 Å². The second kappa shape index (κ2) is 6.69. The number of hydrogen-bond acceptors (Lipinski definition) is 7. The second-order valence-electron chi connectivity index (χ2n) is 5.66. The summed E-state index contributed by atoms with van der Waals surface area (Å²) in [5.41, 5.74) is 5.42. The number of nitrogens with zero attached hydrogens (tertiary/aromatic N) is 1. The molecule has 19 heavy (non-hydrogen) atoms. The molecule has 0 bridgehead atoms. The first kappa shape index (κ1) is 16.4. The first-order valence-corrected chi connectivity index (χ1v) is 7.60. The Balaban J connectivity index is 2.89. The maximum Gasteiger partial charge on any atom is 0.327 e. The molecule has 0 radical (unpaired) electrons. The molecule has 0 spiro atoms. The molecule has 0 aromatic rings. The molecule has 2 unspecified atom stereocenters. The minimum Gasteiger partial charge on any atom is -0.459 e. The lowest BCUT2D eigenvalue weighted by Crippen LogP contribution is -2.53. The van der Waals surface area contributed by atoms with Gasteiger partial charge in [-0.1, -0.05) is 6.42 Å². The van der Waals surface area contributed by atoms with Crippen molar-refractivity contribution < 1.29 is 18.0 Å². The Hall–Kier alpha value is -0.630. The Kier molecular flexibility index (Phi) is 5.79. The lowest BCUT2D eigenvalue weighted by molar-refractivity contribution is -0.176. The molecule has 0 aromatic heterocycles. The first-order valence-electron chi connectivity index (χ1n) is 6.35. The van der Waals surface area contributed by atoms with E-state index >= 15 is 0 Å². The molecule has 0 aliphatic carbocycles. The second-order valence-corrected chi connectivity index (χ2v) is 6.41. The van der Waals surface area contributed by atoms with Gasteiger partial charge in [0, 0.05) is 12.6 Å². The highest BCUT2D eigenvalue weighted by atomic mass is 32.2. The highest BCUT2D eigenvalue weighted by Gasteiger charge is 2.36. The summed E-state index contributed by atoms with van der Waals surface area (Å²) in [6.07, 6.45) is 2.42. The van der Waals surface area contributed by atoms with Crippen molar-refractivity contribution in [2.75, 3.05) is 6.54 Å². The standard InChI is InChI=1S/C12H23N2O4S/c1-12(2,3)17-11(15)10-9(13)7-5-6-8-14(10)18-19(4)16/h9-10H,4-8,13H2,1-3H3/q-1.